The van der Waals surface area contributed by atoms with Gasteiger partial charge in [-0.1, -0.05) is 19.0 Å². The van der Waals surface area contributed by atoms with Crippen LogP contribution < -0.4 is 10.6 Å². The summed E-state index contributed by atoms with van der Waals surface area (Å²) in [4.78, 5) is 22.0. The summed E-state index contributed by atoms with van der Waals surface area (Å²) in [5, 5.41) is 17.5. The van der Waals surface area contributed by atoms with Crippen LogP contribution in [0.2, 0.25) is 0 Å². The van der Waals surface area contributed by atoms with E-state index in [4.69, 9.17) is 9.63 Å². The quantitative estimate of drug-likeness (QED) is 0.694. The van der Waals surface area contributed by atoms with E-state index in [-0.39, 0.29) is 24.3 Å². The van der Waals surface area contributed by atoms with Crippen molar-refractivity contribution in [2.24, 2.45) is 0 Å². The number of carbonyl (C=O) groups excluding carboxylic acids is 1. The molecule has 1 aromatic rings. The molecule has 0 aliphatic carbocycles. The fourth-order valence-electron chi connectivity index (χ4n) is 1.13. The Morgan fingerprint density at radius 1 is 1.44 bits per heavy atom. The first-order valence-electron chi connectivity index (χ1n) is 5.62. The molecule has 0 saturated carbocycles. The van der Waals surface area contributed by atoms with Gasteiger partial charge in [0.05, 0.1) is 12.2 Å². The predicted octanol–water partition coefficient (Wildman–Crippen LogP) is 0.799. The minimum atomic E-state index is -1.01. The van der Waals surface area contributed by atoms with E-state index < -0.39 is 12.0 Å². The van der Waals surface area contributed by atoms with Crippen LogP contribution in [0.25, 0.3) is 0 Å². The summed E-state index contributed by atoms with van der Waals surface area (Å²) in [7, 11) is 0. The maximum Gasteiger partial charge on any atom is 0.320 e. The average molecular weight is 255 g/mol. The van der Waals surface area contributed by atoms with Gasteiger partial charge in [0.1, 0.15) is 6.04 Å². The second-order valence-corrected chi connectivity index (χ2v) is 4.26. The first-order valence-corrected chi connectivity index (χ1v) is 5.62. The fraction of sp³-hybridized carbons (Fsp3) is 0.545. The highest BCUT2D eigenvalue weighted by molar-refractivity contribution is 5.91. The van der Waals surface area contributed by atoms with Gasteiger partial charge in [-0.2, -0.15) is 0 Å². The van der Waals surface area contributed by atoms with E-state index in [1.165, 1.54) is 6.92 Å². The van der Waals surface area contributed by atoms with Crippen molar-refractivity contribution in [1.29, 1.82) is 0 Å². The van der Waals surface area contributed by atoms with E-state index in [2.05, 4.69) is 15.8 Å². The number of aromatic nitrogens is 1. The van der Waals surface area contributed by atoms with Crippen LogP contribution in [0, 0.1) is 0 Å². The lowest BCUT2D eigenvalue weighted by atomic mass is 10.1. The molecule has 0 aromatic carbocycles. The van der Waals surface area contributed by atoms with Crippen molar-refractivity contribution in [2.45, 2.75) is 32.7 Å². The van der Waals surface area contributed by atoms with Crippen LogP contribution in [0.4, 0.5) is 5.88 Å². The molecule has 0 fully saturated rings. The van der Waals surface area contributed by atoms with E-state index in [0.29, 0.717) is 0 Å². The van der Waals surface area contributed by atoms with Gasteiger partial charge in [0.2, 0.25) is 11.8 Å². The van der Waals surface area contributed by atoms with Crippen molar-refractivity contribution in [1.82, 2.24) is 10.5 Å². The van der Waals surface area contributed by atoms with Crippen LogP contribution in [0.5, 0.6) is 0 Å². The highest BCUT2D eigenvalue weighted by Gasteiger charge is 2.13. The van der Waals surface area contributed by atoms with Crippen LogP contribution >= 0.6 is 0 Å². The van der Waals surface area contributed by atoms with Crippen LogP contribution in [-0.4, -0.2) is 34.7 Å². The molecule has 1 rings (SSSR count). The molecular formula is C11H17N3O4. The Bertz CT molecular complexity index is 428. The molecule has 0 saturated heterocycles. The van der Waals surface area contributed by atoms with Crippen molar-refractivity contribution in [2.75, 3.05) is 11.9 Å². The molecule has 100 valence electrons. The zero-order valence-corrected chi connectivity index (χ0v) is 10.6. The number of amides is 1. The Labute approximate surface area is 105 Å². The van der Waals surface area contributed by atoms with Gasteiger partial charge in [-0.25, -0.2) is 0 Å². The SMILES string of the molecule is CC(C)c1cc(NC(=O)CN[C@@H](C)C(=O)O)on1. The Morgan fingerprint density at radius 2 is 2.11 bits per heavy atom. The first kappa shape index (κ1) is 14.2. The Kier molecular flexibility index (Phi) is 4.85. The van der Waals surface area contributed by atoms with Gasteiger partial charge in [-0.05, 0) is 12.8 Å². The van der Waals surface area contributed by atoms with Gasteiger partial charge in [0, 0.05) is 6.07 Å². The maximum absolute atomic E-state index is 11.5. The average Bonchev–Trinajstić information content (AvgIpc) is 2.74. The summed E-state index contributed by atoms with van der Waals surface area (Å²) >= 11 is 0. The Hall–Kier alpha value is -1.89. The highest BCUT2D eigenvalue weighted by Crippen LogP contribution is 2.17. The minimum Gasteiger partial charge on any atom is -0.480 e. The Balaban J connectivity index is 2.42. The molecule has 0 bridgehead atoms. The maximum atomic E-state index is 11.5. The van der Waals surface area contributed by atoms with Gasteiger partial charge in [-0.3, -0.25) is 20.2 Å². The lowest BCUT2D eigenvalue weighted by molar-refractivity contribution is -0.139. The molecule has 7 heteroatoms. The largest absolute Gasteiger partial charge is 0.480 e. The summed E-state index contributed by atoms with van der Waals surface area (Å²) in [6, 6.07) is 0.861. The fourth-order valence-corrected chi connectivity index (χ4v) is 1.13. The number of carbonyl (C=O) groups is 2. The number of nitrogens with one attached hydrogen (secondary N) is 2. The number of nitrogens with zero attached hydrogens (tertiary/aromatic N) is 1. The molecule has 0 radical (unpaired) electrons. The molecule has 0 spiro atoms. The predicted molar refractivity (Wildman–Crippen MR) is 64.3 cm³/mol. The van der Waals surface area contributed by atoms with E-state index >= 15 is 0 Å². The summed E-state index contributed by atoms with van der Waals surface area (Å²) in [5.74, 6) is -0.919. The molecule has 1 atom stereocenters. The number of anilines is 1. The van der Waals surface area contributed by atoms with Crippen molar-refractivity contribution >= 4 is 17.8 Å². The van der Waals surface area contributed by atoms with Gasteiger partial charge >= 0.3 is 5.97 Å². The van der Waals surface area contributed by atoms with Crippen LogP contribution in [0.15, 0.2) is 10.6 Å². The van der Waals surface area contributed by atoms with Crippen LogP contribution in [-0.2, 0) is 9.59 Å². The molecule has 1 aromatic heterocycles. The molecule has 1 heterocycles. The van der Waals surface area contributed by atoms with E-state index in [1.54, 1.807) is 6.07 Å². The normalized spacial score (nSPS) is 12.4. The molecule has 0 aliphatic heterocycles. The van der Waals surface area contributed by atoms with Crippen molar-refractivity contribution in [3.8, 4) is 0 Å². The molecule has 1 amide bonds. The van der Waals surface area contributed by atoms with E-state index in [0.717, 1.165) is 5.69 Å². The third-order valence-corrected chi connectivity index (χ3v) is 2.32. The van der Waals surface area contributed by atoms with Gasteiger partial charge in [0.15, 0.2) is 0 Å². The highest BCUT2D eigenvalue weighted by atomic mass is 16.5. The zero-order chi connectivity index (χ0) is 13.7. The number of hydrogen-bond acceptors (Lipinski definition) is 5. The number of aliphatic carboxylic acids is 1. The molecule has 0 aliphatic rings. The second-order valence-electron chi connectivity index (χ2n) is 4.26. The van der Waals surface area contributed by atoms with E-state index in [1.807, 2.05) is 13.8 Å². The molecule has 0 unspecified atom stereocenters. The van der Waals surface area contributed by atoms with Crippen LogP contribution in [0.1, 0.15) is 32.4 Å². The number of hydrogen-bond donors (Lipinski definition) is 3. The molecule has 18 heavy (non-hydrogen) atoms. The molecule has 7 nitrogen and oxygen atoms in total. The van der Waals surface area contributed by atoms with Gasteiger partial charge < -0.3 is 9.63 Å². The van der Waals surface area contributed by atoms with Crippen molar-refractivity contribution < 1.29 is 19.2 Å². The first-order chi connectivity index (χ1) is 8.40. The standard InChI is InChI=1S/C11H17N3O4/c1-6(2)8-4-10(18-14-8)13-9(15)5-12-7(3)11(16)17/h4,6-7,12H,5H2,1-3H3,(H,13,15)(H,16,17)/t7-/m0/s1. The lowest BCUT2D eigenvalue weighted by Crippen LogP contribution is -2.39. The summed E-state index contributed by atoms with van der Waals surface area (Å²) in [5.41, 5.74) is 0.747. The summed E-state index contributed by atoms with van der Waals surface area (Å²) in [6.07, 6.45) is 0. The van der Waals surface area contributed by atoms with Crippen LogP contribution in [0.3, 0.4) is 0 Å². The lowest BCUT2D eigenvalue weighted by Gasteiger charge is -2.07. The molecular weight excluding hydrogens is 238 g/mol. The number of carboxylic acid groups (broad SMARTS) is 1. The molecule has 3 N–H and O–H groups in total. The van der Waals surface area contributed by atoms with Crippen molar-refractivity contribution in [3.05, 3.63) is 11.8 Å². The third-order valence-electron chi connectivity index (χ3n) is 2.32. The second kappa shape index (κ2) is 6.15. The number of carboxylic acids is 1. The summed E-state index contributed by atoms with van der Waals surface area (Å²) in [6.45, 7) is 5.27. The monoisotopic (exact) mass is 255 g/mol. The van der Waals surface area contributed by atoms with Gasteiger partial charge in [-0.15, -0.1) is 0 Å². The third kappa shape index (κ3) is 4.17. The summed E-state index contributed by atoms with van der Waals surface area (Å²) < 4.78 is 4.92. The van der Waals surface area contributed by atoms with E-state index in [9.17, 15) is 9.59 Å². The zero-order valence-electron chi connectivity index (χ0n) is 10.6. The Morgan fingerprint density at radius 3 is 2.61 bits per heavy atom. The van der Waals surface area contributed by atoms with Gasteiger partial charge in [0.25, 0.3) is 0 Å². The minimum absolute atomic E-state index is 0.106. The van der Waals surface area contributed by atoms with Crippen molar-refractivity contribution in [3.63, 3.8) is 0 Å². The topological polar surface area (TPSA) is 104 Å². The number of rotatable bonds is 6. The smallest absolute Gasteiger partial charge is 0.320 e.